The second-order valence-corrected chi connectivity index (χ2v) is 4.54. The molecule has 106 valence electrons. The molecule has 19 heavy (non-hydrogen) atoms. The van der Waals surface area contributed by atoms with Gasteiger partial charge in [-0.25, -0.2) is 9.18 Å². The third-order valence-corrected chi connectivity index (χ3v) is 3.31. The zero-order valence-corrected chi connectivity index (χ0v) is 10.4. The van der Waals surface area contributed by atoms with E-state index in [9.17, 15) is 9.18 Å². The van der Waals surface area contributed by atoms with Gasteiger partial charge in [-0.2, -0.15) is 4.98 Å². The molecule has 4 unspecified atom stereocenters. The van der Waals surface area contributed by atoms with E-state index in [1.54, 1.807) is 6.92 Å². The molecular formula is C11H16FN3O4. The van der Waals surface area contributed by atoms with E-state index in [1.807, 2.05) is 0 Å². The van der Waals surface area contributed by atoms with Gasteiger partial charge in [0, 0.05) is 17.7 Å². The lowest BCUT2D eigenvalue weighted by molar-refractivity contribution is -0.0441. The molecule has 2 rings (SSSR count). The molecule has 1 aromatic heterocycles. The van der Waals surface area contributed by atoms with Crippen LogP contribution in [0.2, 0.25) is 0 Å². The molecule has 1 fully saturated rings. The zero-order chi connectivity index (χ0) is 14.2. The third-order valence-electron chi connectivity index (χ3n) is 3.31. The number of ether oxygens (including phenoxy) is 1. The van der Waals surface area contributed by atoms with Crippen molar-refractivity contribution in [1.29, 1.82) is 0 Å². The summed E-state index contributed by atoms with van der Waals surface area (Å²) in [4.78, 5) is 15.3. The Balaban J connectivity index is 2.38. The Morgan fingerprint density at radius 1 is 1.53 bits per heavy atom. The van der Waals surface area contributed by atoms with E-state index in [-0.39, 0.29) is 5.82 Å². The number of aryl methyl sites for hydroxylation is 1. The fourth-order valence-electron chi connectivity index (χ4n) is 2.15. The minimum Gasteiger partial charge on any atom is -0.396 e. The number of anilines is 1. The Morgan fingerprint density at radius 3 is 2.74 bits per heavy atom. The third kappa shape index (κ3) is 2.34. The van der Waals surface area contributed by atoms with E-state index in [0.717, 1.165) is 4.57 Å². The second kappa shape index (κ2) is 5.24. The fourth-order valence-corrected chi connectivity index (χ4v) is 2.15. The normalized spacial score (nSPS) is 30.7. The highest BCUT2D eigenvalue weighted by molar-refractivity contribution is 5.35. The summed E-state index contributed by atoms with van der Waals surface area (Å²) >= 11 is 0. The number of halogens is 1. The quantitative estimate of drug-likeness (QED) is 0.649. The molecular weight excluding hydrogens is 257 g/mol. The lowest BCUT2D eigenvalue weighted by Gasteiger charge is -2.17. The number of aliphatic hydroxyl groups excluding tert-OH is 2. The first-order chi connectivity index (χ1) is 8.99. The van der Waals surface area contributed by atoms with Crippen molar-refractivity contribution in [2.75, 3.05) is 18.9 Å². The SMILES string of the molecule is Cc1cn(C2OC(CO)C(CO)C2F)c(=O)nc1N. The molecule has 4 atom stereocenters. The maximum Gasteiger partial charge on any atom is 0.351 e. The van der Waals surface area contributed by atoms with Crippen molar-refractivity contribution in [3.63, 3.8) is 0 Å². The van der Waals surface area contributed by atoms with E-state index in [2.05, 4.69) is 4.98 Å². The summed E-state index contributed by atoms with van der Waals surface area (Å²) in [5.74, 6) is -0.799. The Morgan fingerprint density at radius 2 is 2.21 bits per heavy atom. The van der Waals surface area contributed by atoms with Crippen molar-refractivity contribution in [2.45, 2.75) is 25.4 Å². The van der Waals surface area contributed by atoms with Crippen molar-refractivity contribution in [2.24, 2.45) is 5.92 Å². The van der Waals surface area contributed by atoms with Crippen LogP contribution in [0.15, 0.2) is 11.0 Å². The van der Waals surface area contributed by atoms with Gasteiger partial charge in [0.15, 0.2) is 12.4 Å². The summed E-state index contributed by atoms with van der Waals surface area (Å²) in [6.07, 6.45) is -2.32. The number of aliphatic hydroxyl groups is 2. The van der Waals surface area contributed by atoms with Gasteiger partial charge in [0.05, 0.1) is 19.3 Å². The van der Waals surface area contributed by atoms with Gasteiger partial charge in [-0.1, -0.05) is 0 Å². The predicted octanol–water partition coefficient (Wildman–Crippen LogP) is -1.03. The van der Waals surface area contributed by atoms with E-state index in [1.165, 1.54) is 6.20 Å². The standard InChI is InChI=1S/C11H16FN3O4/c1-5-2-15(11(18)14-9(5)13)10-8(12)6(3-16)7(4-17)19-10/h2,6-8,10,16-17H,3-4H2,1H3,(H2,13,14,18). The fraction of sp³-hybridized carbons (Fsp3) is 0.636. The maximum absolute atomic E-state index is 14.2. The van der Waals surface area contributed by atoms with E-state index in [0.29, 0.717) is 5.56 Å². The molecule has 0 aromatic carbocycles. The van der Waals surface area contributed by atoms with Gasteiger partial charge in [-0.05, 0) is 6.92 Å². The molecule has 1 saturated heterocycles. The number of nitrogens with zero attached hydrogens (tertiary/aromatic N) is 2. The van der Waals surface area contributed by atoms with Crippen molar-refractivity contribution in [3.8, 4) is 0 Å². The minimum absolute atomic E-state index is 0.0760. The molecule has 1 aliphatic heterocycles. The lowest BCUT2D eigenvalue weighted by Crippen LogP contribution is -2.33. The van der Waals surface area contributed by atoms with Gasteiger partial charge >= 0.3 is 5.69 Å². The highest BCUT2D eigenvalue weighted by Gasteiger charge is 2.45. The average Bonchev–Trinajstić information content (AvgIpc) is 2.70. The van der Waals surface area contributed by atoms with Crippen molar-refractivity contribution in [3.05, 3.63) is 22.2 Å². The molecule has 4 N–H and O–H groups in total. The van der Waals surface area contributed by atoms with E-state index in [4.69, 9.17) is 20.7 Å². The summed E-state index contributed by atoms with van der Waals surface area (Å²) < 4.78 is 20.5. The summed E-state index contributed by atoms with van der Waals surface area (Å²) in [6.45, 7) is 0.727. The second-order valence-electron chi connectivity index (χ2n) is 4.54. The van der Waals surface area contributed by atoms with Gasteiger partial charge in [-0.3, -0.25) is 4.57 Å². The number of nitrogen functional groups attached to an aromatic ring is 1. The molecule has 8 heteroatoms. The summed E-state index contributed by atoms with van der Waals surface area (Å²) in [7, 11) is 0. The van der Waals surface area contributed by atoms with Gasteiger partial charge in [-0.15, -0.1) is 0 Å². The first kappa shape index (κ1) is 13.9. The summed E-state index contributed by atoms with van der Waals surface area (Å²) in [6, 6.07) is 0. The first-order valence-electron chi connectivity index (χ1n) is 5.86. The van der Waals surface area contributed by atoms with Crippen LogP contribution in [0, 0.1) is 12.8 Å². The van der Waals surface area contributed by atoms with Crippen molar-refractivity contribution < 1.29 is 19.3 Å². The van der Waals surface area contributed by atoms with E-state index < -0.39 is 43.3 Å². The largest absolute Gasteiger partial charge is 0.396 e. The van der Waals surface area contributed by atoms with Gasteiger partial charge < -0.3 is 20.7 Å². The molecule has 1 aromatic rings. The molecule has 0 radical (unpaired) electrons. The smallest absolute Gasteiger partial charge is 0.351 e. The van der Waals surface area contributed by atoms with Crippen LogP contribution < -0.4 is 11.4 Å². The van der Waals surface area contributed by atoms with Crippen LogP contribution in [0.5, 0.6) is 0 Å². The van der Waals surface area contributed by atoms with Gasteiger partial charge in [0.1, 0.15) is 5.82 Å². The molecule has 0 saturated carbocycles. The van der Waals surface area contributed by atoms with Crippen molar-refractivity contribution >= 4 is 5.82 Å². The van der Waals surface area contributed by atoms with Crippen LogP contribution in [0.25, 0.3) is 0 Å². The molecule has 0 bridgehead atoms. The Hall–Kier alpha value is -1.51. The van der Waals surface area contributed by atoms with E-state index >= 15 is 0 Å². The van der Waals surface area contributed by atoms with Crippen LogP contribution >= 0.6 is 0 Å². The maximum atomic E-state index is 14.2. The average molecular weight is 273 g/mol. The molecule has 0 amide bonds. The van der Waals surface area contributed by atoms with Crippen LogP contribution in [0.3, 0.4) is 0 Å². The molecule has 0 aliphatic carbocycles. The minimum atomic E-state index is -1.61. The highest BCUT2D eigenvalue weighted by Crippen LogP contribution is 2.35. The molecule has 2 heterocycles. The Labute approximate surface area is 108 Å². The topological polar surface area (TPSA) is 111 Å². The Bertz CT molecular complexity index is 521. The molecule has 7 nitrogen and oxygen atoms in total. The van der Waals surface area contributed by atoms with Crippen molar-refractivity contribution in [1.82, 2.24) is 9.55 Å². The van der Waals surface area contributed by atoms with Gasteiger partial charge in [0.2, 0.25) is 0 Å². The molecule has 0 spiro atoms. The summed E-state index contributed by atoms with van der Waals surface area (Å²) in [5, 5.41) is 18.2. The van der Waals surface area contributed by atoms with Gasteiger partial charge in [0.25, 0.3) is 0 Å². The number of aromatic nitrogens is 2. The zero-order valence-electron chi connectivity index (χ0n) is 10.4. The first-order valence-corrected chi connectivity index (χ1v) is 5.86. The highest BCUT2D eigenvalue weighted by atomic mass is 19.1. The Kier molecular flexibility index (Phi) is 3.83. The number of alkyl halides is 1. The number of nitrogens with two attached hydrogens (primary N) is 1. The van der Waals surface area contributed by atoms with Crippen LogP contribution in [0.4, 0.5) is 10.2 Å². The number of hydrogen-bond donors (Lipinski definition) is 3. The number of hydrogen-bond acceptors (Lipinski definition) is 6. The van der Waals surface area contributed by atoms with Crippen LogP contribution in [-0.2, 0) is 4.74 Å². The monoisotopic (exact) mass is 273 g/mol. The number of rotatable bonds is 3. The molecule has 1 aliphatic rings. The van der Waals surface area contributed by atoms with Crippen LogP contribution in [-0.4, -0.2) is 45.3 Å². The van der Waals surface area contributed by atoms with Crippen LogP contribution in [0.1, 0.15) is 11.8 Å². The predicted molar refractivity (Wildman–Crippen MR) is 64.1 cm³/mol. The summed E-state index contributed by atoms with van der Waals surface area (Å²) in [5.41, 5.74) is 5.28. The lowest BCUT2D eigenvalue weighted by atomic mass is 10.0.